The molecule has 0 saturated heterocycles. The van der Waals surface area contributed by atoms with Crippen LogP contribution >= 0.6 is 0 Å². The fourth-order valence-electron chi connectivity index (χ4n) is 2.77. The molecule has 32 heavy (non-hydrogen) atoms. The molecule has 0 saturated carbocycles. The van der Waals surface area contributed by atoms with E-state index in [2.05, 4.69) is 37.8 Å². The second-order valence-electron chi connectivity index (χ2n) is 6.84. The Balaban J connectivity index is 1.53. The molecule has 0 aliphatic heterocycles. The van der Waals surface area contributed by atoms with E-state index in [4.69, 9.17) is 14.2 Å². The first-order chi connectivity index (χ1) is 15.6. The van der Waals surface area contributed by atoms with Crippen LogP contribution in [0.15, 0.2) is 85.5 Å². The van der Waals surface area contributed by atoms with Crippen molar-refractivity contribution in [1.82, 2.24) is 0 Å². The van der Waals surface area contributed by atoms with E-state index in [1.807, 2.05) is 24.3 Å². The van der Waals surface area contributed by atoms with Gasteiger partial charge in [-0.25, -0.2) is 9.59 Å². The summed E-state index contributed by atoms with van der Waals surface area (Å²) in [6, 6.07) is 22.1. The Labute approximate surface area is 187 Å². The highest BCUT2D eigenvalue weighted by atomic mass is 16.7. The third-order valence-electron chi connectivity index (χ3n) is 4.63. The molecule has 0 amide bonds. The van der Waals surface area contributed by atoms with Crippen molar-refractivity contribution < 1.29 is 23.8 Å². The van der Waals surface area contributed by atoms with E-state index in [1.165, 1.54) is 5.56 Å². The number of ether oxygens (including phenoxy) is 3. The van der Waals surface area contributed by atoms with Gasteiger partial charge in [-0.3, -0.25) is 0 Å². The van der Waals surface area contributed by atoms with Gasteiger partial charge in [-0.2, -0.15) is 0 Å². The van der Waals surface area contributed by atoms with E-state index in [9.17, 15) is 9.59 Å². The molecule has 0 unspecified atom stereocenters. The third-order valence-corrected chi connectivity index (χ3v) is 4.63. The molecule has 5 heteroatoms. The number of esters is 2. The number of rotatable bonds is 9. The molecule has 0 fully saturated rings. The smallest absolute Gasteiger partial charge is 0.343 e. The Morgan fingerprint density at radius 3 is 1.94 bits per heavy atom. The highest BCUT2D eigenvalue weighted by molar-refractivity contribution is 5.91. The Bertz CT molecular complexity index is 1080. The summed E-state index contributed by atoms with van der Waals surface area (Å²) in [5.41, 5.74) is 3.82. The first-order valence-corrected chi connectivity index (χ1v) is 10.2. The maximum absolute atomic E-state index is 12.4. The van der Waals surface area contributed by atoms with Crippen LogP contribution in [0.3, 0.4) is 0 Å². The molecule has 0 atom stereocenters. The zero-order chi connectivity index (χ0) is 22.8. The quantitative estimate of drug-likeness (QED) is 0.144. The second-order valence-corrected chi connectivity index (χ2v) is 6.84. The fourth-order valence-corrected chi connectivity index (χ4v) is 2.77. The molecule has 0 N–H and O–H groups in total. The molecule has 162 valence electrons. The lowest BCUT2D eigenvalue weighted by atomic mass is 10.1. The van der Waals surface area contributed by atoms with Gasteiger partial charge in [0.05, 0.1) is 5.56 Å². The Hall–Kier alpha value is -4.12. The van der Waals surface area contributed by atoms with Gasteiger partial charge in [0.25, 0.3) is 0 Å². The zero-order valence-electron chi connectivity index (χ0n) is 17.8. The van der Waals surface area contributed by atoms with Crippen LogP contribution in [-0.4, -0.2) is 18.7 Å². The van der Waals surface area contributed by atoms with Gasteiger partial charge < -0.3 is 14.2 Å². The van der Waals surface area contributed by atoms with E-state index >= 15 is 0 Å². The third kappa shape index (κ3) is 6.71. The van der Waals surface area contributed by atoms with E-state index in [1.54, 1.807) is 36.4 Å². The monoisotopic (exact) mass is 428 g/mol. The summed E-state index contributed by atoms with van der Waals surface area (Å²) >= 11 is 0. The first-order valence-electron chi connectivity index (χ1n) is 10.2. The molecule has 3 aromatic rings. The van der Waals surface area contributed by atoms with Crippen LogP contribution in [0.25, 0.3) is 12.2 Å². The van der Waals surface area contributed by atoms with Crippen molar-refractivity contribution in [1.29, 1.82) is 0 Å². The number of carbonyl (C=O) groups excluding carboxylic acids is 2. The standard InChI is InChI=1S/C27H24O5/c1-3-20-5-7-21(8-6-20)9-10-22-11-15-25(16-12-22)32-27(29)23-13-17-24(18-14-23)30-19-31-26(28)4-2/h4-18H,2-3,19H2,1H3/b10-9+. The van der Waals surface area contributed by atoms with Gasteiger partial charge in [0.1, 0.15) is 11.5 Å². The summed E-state index contributed by atoms with van der Waals surface area (Å²) in [7, 11) is 0. The maximum Gasteiger partial charge on any atom is 0.343 e. The van der Waals surface area contributed by atoms with Crippen LogP contribution in [0.2, 0.25) is 0 Å². The molecule has 5 nitrogen and oxygen atoms in total. The summed E-state index contributed by atoms with van der Waals surface area (Å²) < 4.78 is 15.4. The molecule has 0 bridgehead atoms. The molecule has 0 aromatic heterocycles. The SMILES string of the molecule is C=CC(=O)OCOc1ccc(C(=O)Oc2ccc(/C=C/c3ccc(CC)cc3)cc2)cc1. The Morgan fingerprint density at radius 1 is 0.812 bits per heavy atom. The van der Waals surface area contributed by atoms with E-state index in [0.717, 1.165) is 23.6 Å². The maximum atomic E-state index is 12.4. The average molecular weight is 428 g/mol. The van der Waals surface area contributed by atoms with Gasteiger partial charge in [0.15, 0.2) is 0 Å². The molecule has 0 spiro atoms. The van der Waals surface area contributed by atoms with Crippen LogP contribution < -0.4 is 9.47 Å². The molecule has 0 aliphatic carbocycles. The van der Waals surface area contributed by atoms with Crippen molar-refractivity contribution in [2.24, 2.45) is 0 Å². The second kappa shape index (κ2) is 11.3. The zero-order valence-corrected chi connectivity index (χ0v) is 17.8. The summed E-state index contributed by atoms with van der Waals surface area (Å²) in [6.07, 6.45) is 6.13. The number of benzene rings is 3. The van der Waals surface area contributed by atoms with Crippen LogP contribution in [0, 0.1) is 0 Å². The highest BCUT2D eigenvalue weighted by Gasteiger charge is 2.09. The summed E-state index contributed by atoms with van der Waals surface area (Å²) in [6.45, 7) is 5.20. The van der Waals surface area contributed by atoms with Gasteiger partial charge in [-0.1, -0.05) is 62.1 Å². The van der Waals surface area contributed by atoms with Crippen LogP contribution in [-0.2, 0) is 16.0 Å². The van der Waals surface area contributed by atoms with Crippen molar-refractivity contribution in [2.75, 3.05) is 6.79 Å². The van der Waals surface area contributed by atoms with Gasteiger partial charge in [-0.15, -0.1) is 0 Å². The summed E-state index contributed by atoms with van der Waals surface area (Å²) in [5.74, 6) is -0.138. The van der Waals surface area contributed by atoms with Crippen LogP contribution in [0.5, 0.6) is 11.5 Å². The number of aryl methyl sites for hydroxylation is 1. The van der Waals surface area contributed by atoms with Crippen LogP contribution in [0.4, 0.5) is 0 Å². The number of carbonyl (C=O) groups is 2. The van der Waals surface area contributed by atoms with Crippen molar-refractivity contribution in [2.45, 2.75) is 13.3 Å². The van der Waals surface area contributed by atoms with E-state index in [-0.39, 0.29) is 6.79 Å². The molecule has 3 aromatic carbocycles. The van der Waals surface area contributed by atoms with E-state index < -0.39 is 11.9 Å². The molecule has 0 radical (unpaired) electrons. The van der Waals surface area contributed by atoms with Crippen molar-refractivity contribution in [3.05, 3.63) is 108 Å². The molecular weight excluding hydrogens is 404 g/mol. The minimum atomic E-state index is -0.572. The summed E-state index contributed by atoms with van der Waals surface area (Å²) in [5, 5.41) is 0. The van der Waals surface area contributed by atoms with Gasteiger partial charge in [0.2, 0.25) is 6.79 Å². The largest absolute Gasteiger partial charge is 0.457 e. The molecule has 3 rings (SSSR count). The minimum Gasteiger partial charge on any atom is -0.457 e. The van der Waals surface area contributed by atoms with Crippen LogP contribution in [0.1, 0.15) is 34.0 Å². The van der Waals surface area contributed by atoms with Gasteiger partial charge >= 0.3 is 11.9 Å². The van der Waals surface area contributed by atoms with Gasteiger partial charge in [0, 0.05) is 6.08 Å². The fraction of sp³-hybridized carbons (Fsp3) is 0.111. The highest BCUT2D eigenvalue weighted by Crippen LogP contribution is 2.18. The van der Waals surface area contributed by atoms with Crippen molar-refractivity contribution in [3.8, 4) is 11.5 Å². The summed E-state index contributed by atoms with van der Waals surface area (Å²) in [4.78, 5) is 23.3. The lowest BCUT2D eigenvalue weighted by Crippen LogP contribution is -2.09. The first kappa shape index (κ1) is 22.6. The van der Waals surface area contributed by atoms with Gasteiger partial charge in [-0.05, 0) is 59.5 Å². The van der Waals surface area contributed by atoms with Crippen molar-refractivity contribution in [3.63, 3.8) is 0 Å². The normalized spacial score (nSPS) is 10.5. The average Bonchev–Trinajstić information content (AvgIpc) is 2.84. The van der Waals surface area contributed by atoms with Crippen molar-refractivity contribution >= 4 is 24.1 Å². The topological polar surface area (TPSA) is 61.8 Å². The minimum absolute atomic E-state index is 0.237. The lowest BCUT2D eigenvalue weighted by Gasteiger charge is -2.07. The Kier molecular flexibility index (Phi) is 7.98. The molecule has 0 aliphatic rings. The predicted molar refractivity (Wildman–Crippen MR) is 124 cm³/mol. The number of hydrogen-bond acceptors (Lipinski definition) is 5. The number of hydrogen-bond donors (Lipinski definition) is 0. The molecular formula is C27H24O5. The molecule has 0 heterocycles. The lowest BCUT2D eigenvalue weighted by molar-refractivity contribution is -0.144. The Morgan fingerprint density at radius 2 is 1.38 bits per heavy atom. The predicted octanol–water partition coefficient (Wildman–Crippen LogP) is 5.70. The van der Waals surface area contributed by atoms with E-state index in [0.29, 0.717) is 17.1 Å².